The second-order valence-electron chi connectivity index (χ2n) is 9.37. The van der Waals surface area contributed by atoms with Crippen molar-refractivity contribution in [2.45, 2.75) is 27.3 Å². The number of fused-ring (bicyclic) bond motifs is 1. The minimum Gasteiger partial charge on any atom is -0.378 e. The van der Waals surface area contributed by atoms with E-state index in [2.05, 4.69) is 26.7 Å². The van der Waals surface area contributed by atoms with Crippen LogP contribution in [0.4, 0.5) is 11.9 Å². The van der Waals surface area contributed by atoms with Crippen molar-refractivity contribution in [3.05, 3.63) is 22.8 Å². The average Bonchev–Trinajstić information content (AvgIpc) is 3.19. The first-order valence-electron chi connectivity index (χ1n) is 12.1. The predicted molar refractivity (Wildman–Crippen MR) is 137 cm³/mol. The quantitative estimate of drug-likeness (QED) is 0.568. The average molecular weight is 497 g/mol. The largest absolute Gasteiger partial charge is 0.378 e. The monoisotopic (exact) mass is 496 g/mol. The number of anilines is 2. The van der Waals surface area contributed by atoms with Crippen LogP contribution in [-0.4, -0.2) is 88.1 Å². The lowest BCUT2D eigenvalue weighted by atomic mass is 10.1. The molecule has 0 radical (unpaired) electrons. The number of nitrogens with zero attached hydrogens (tertiary/aromatic N) is 7. The van der Waals surface area contributed by atoms with Gasteiger partial charge in [-0.25, -0.2) is 19.9 Å². The molecule has 0 unspecified atom stereocenters. The van der Waals surface area contributed by atoms with Gasteiger partial charge in [-0.05, 0) is 6.92 Å². The number of nitrogen functional groups attached to an aromatic ring is 1. The van der Waals surface area contributed by atoms with Gasteiger partial charge in [0.15, 0.2) is 0 Å². The van der Waals surface area contributed by atoms with E-state index in [0.717, 1.165) is 67.3 Å². The molecule has 0 spiro atoms. The van der Waals surface area contributed by atoms with Crippen LogP contribution in [0.25, 0.3) is 21.5 Å². The van der Waals surface area contributed by atoms with Gasteiger partial charge in [-0.2, -0.15) is 0 Å². The number of piperazine rings is 1. The summed E-state index contributed by atoms with van der Waals surface area (Å²) < 4.78 is 6.58. The molecule has 0 aliphatic carbocycles. The van der Waals surface area contributed by atoms with Gasteiger partial charge in [0, 0.05) is 80.1 Å². The van der Waals surface area contributed by atoms with Gasteiger partial charge in [-0.1, -0.05) is 13.8 Å². The number of carbonyl (C=O) groups is 1. The van der Waals surface area contributed by atoms with Gasteiger partial charge in [0.05, 0.1) is 29.1 Å². The highest BCUT2D eigenvalue weighted by Crippen LogP contribution is 2.38. The summed E-state index contributed by atoms with van der Waals surface area (Å²) in [4.78, 5) is 38.6. The number of hydrogen-bond donors (Lipinski definition) is 1. The number of rotatable bonds is 5. The summed E-state index contributed by atoms with van der Waals surface area (Å²) in [7, 11) is 0. The van der Waals surface area contributed by atoms with E-state index in [1.165, 1.54) is 10.4 Å². The molecule has 2 N–H and O–H groups in total. The zero-order valence-corrected chi connectivity index (χ0v) is 21.3. The molecule has 5 rings (SSSR count). The van der Waals surface area contributed by atoms with Crippen molar-refractivity contribution >= 4 is 39.4 Å². The number of carbonyl (C=O) groups excluding carboxylic acids is 1. The molecule has 0 atom stereocenters. The summed E-state index contributed by atoms with van der Waals surface area (Å²) in [6.07, 6.45) is 3.46. The number of hydrogen-bond acceptors (Lipinski definition) is 10. The van der Waals surface area contributed by atoms with Crippen LogP contribution in [-0.2, 0) is 16.1 Å². The molecule has 5 heterocycles. The number of ether oxygens (including phenoxy) is 1. The van der Waals surface area contributed by atoms with Gasteiger partial charge in [-0.15, -0.1) is 11.3 Å². The third-order valence-electron chi connectivity index (χ3n) is 6.62. The van der Waals surface area contributed by atoms with Crippen LogP contribution in [0.1, 0.15) is 24.3 Å². The van der Waals surface area contributed by atoms with E-state index in [1.807, 2.05) is 18.7 Å². The highest BCUT2D eigenvalue weighted by molar-refractivity contribution is 7.19. The molecule has 3 aromatic heterocycles. The van der Waals surface area contributed by atoms with Crippen LogP contribution in [0.15, 0.2) is 12.4 Å². The van der Waals surface area contributed by atoms with Crippen LogP contribution in [0.2, 0.25) is 0 Å². The molecule has 2 saturated heterocycles. The topological polar surface area (TPSA) is 114 Å². The zero-order chi connectivity index (χ0) is 24.5. The predicted octanol–water partition coefficient (Wildman–Crippen LogP) is 2.18. The van der Waals surface area contributed by atoms with Crippen LogP contribution >= 0.6 is 11.3 Å². The maximum Gasteiger partial charge on any atom is 0.226 e. The Labute approximate surface area is 209 Å². The summed E-state index contributed by atoms with van der Waals surface area (Å²) in [6, 6.07) is 0. The summed E-state index contributed by atoms with van der Waals surface area (Å²) in [5.74, 6) is 1.22. The van der Waals surface area contributed by atoms with E-state index in [4.69, 9.17) is 20.4 Å². The van der Waals surface area contributed by atoms with Gasteiger partial charge in [0.2, 0.25) is 17.8 Å². The number of aromatic nitrogens is 4. The first-order valence-corrected chi connectivity index (χ1v) is 12.9. The second kappa shape index (κ2) is 10.00. The highest BCUT2D eigenvalue weighted by Gasteiger charge is 2.26. The van der Waals surface area contributed by atoms with Crippen molar-refractivity contribution in [2.75, 3.05) is 63.1 Å². The van der Waals surface area contributed by atoms with Gasteiger partial charge >= 0.3 is 0 Å². The van der Waals surface area contributed by atoms with Gasteiger partial charge in [0.1, 0.15) is 0 Å². The number of nitrogens with two attached hydrogens (primary N) is 1. The molecule has 0 saturated carbocycles. The van der Waals surface area contributed by atoms with E-state index >= 15 is 0 Å². The van der Waals surface area contributed by atoms with Gasteiger partial charge in [-0.3, -0.25) is 9.69 Å². The Balaban J connectivity index is 1.49. The first kappa shape index (κ1) is 23.8. The van der Waals surface area contributed by atoms with E-state index in [1.54, 1.807) is 23.7 Å². The molecule has 11 heteroatoms. The lowest BCUT2D eigenvalue weighted by Gasteiger charge is -2.35. The molecule has 10 nitrogen and oxygen atoms in total. The van der Waals surface area contributed by atoms with Crippen molar-refractivity contribution in [2.24, 2.45) is 5.92 Å². The summed E-state index contributed by atoms with van der Waals surface area (Å²) >= 11 is 1.71. The zero-order valence-electron chi connectivity index (χ0n) is 20.5. The van der Waals surface area contributed by atoms with Gasteiger partial charge in [0.25, 0.3) is 0 Å². The molecule has 3 aromatic rings. The summed E-state index contributed by atoms with van der Waals surface area (Å²) in [5.41, 5.74) is 9.61. The SMILES string of the molecule is Cc1sc2c(-c3cnc(N)nc3)nc(N3CCOCC3)nc2c1CN1CCN(C(=O)C(C)C)CC1. The molecule has 1 amide bonds. The Morgan fingerprint density at radius 2 is 1.77 bits per heavy atom. The van der Waals surface area contributed by atoms with Crippen molar-refractivity contribution < 1.29 is 9.53 Å². The Bertz CT molecular complexity index is 1200. The van der Waals surface area contributed by atoms with Gasteiger partial charge < -0.3 is 20.3 Å². The third kappa shape index (κ3) is 4.93. The molecule has 0 bridgehead atoms. The lowest BCUT2D eigenvalue weighted by Crippen LogP contribution is -2.49. The fourth-order valence-corrected chi connectivity index (χ4v) is 5.70. The number of morpholine rings is 1. The number of aryl methyl sites for hydroxylation is 1. The standard InChI is InChI=1S/C24H32N8O2S/c1-15(2)22(33)31-6-4-30(5-7-31)14-18-16(3)35-21-19(17-12-26-23(25)27-13-17)28-24(29-20(18)21)32-8-10-34-11-9-32/h12-13,15H,4-11,14H2,1-3H3,(H2,25,26,27). The van der Waals surface area contributed by atoms with Crippen LogP contribution < -0.4 is 10.6 Å². The van der Waals surface area contributed by atoms with Crippen molar-refractivity contribution in [3.8, 4) is 11.3 Å². The summed E-state index contributed by atoms with van der Waals surface area (Å²) in [6.45, 7) is 13.0. The van der Waals surface area contributed by atoms with E-state index < -0.39 is 0 Å². The van der Waals surface area contributed by atoms with Crippen LogP contribution in [0.5, 0.6) is 0 Å². The Morgan fingerprint density at radius 1 is 1.09 bits per heavy atom. The maximum absolute atomic E-state index is 12.4. The van der Waals surface area contributed by atoms with Crippen LogP contribution in [0.3, 0.4) is 0 Å². The normalized spacial score (nSPS) is 17.5. The lowest BCUT2D eigenvalue weighted by molar-refractivity contribution is -0.136. The van der Waals surface area contributed by atoms with Crippen molar-refractivity contribution in [1.82, 2.24) is 29.7 Å². The maximum atomic E-state index is 12.4. The number of amides is 1. The second-order valence-corrected chi connectivity index (χ2v) is 10.6. The van der Waals surface area contributed by atoms with Crippen LogP contribution in [0, 0.1) is 12.8 Å². The highest BCUT2D eigenvalue weighted by atomic mass is 32.1. The number of thiophene rings is 1. The van der Waals surface area contributed by atoms with E-state index in [9.17, 15) is 4.79 Å². The smallest absolute Gasteiger partial charge is 0.226 e. The molecule has 0 aromatic carbocycles. The molecule has 2 aliphatic heterocycles. The molecular weight excluding hydrogens is 464 g/mol. The Morgan fingerprint density at radius 3 is 2.43 bits per heavy atom. The molecular formula is C24H32N8O2S. The molecule has 186 valence electrons. The Hall–Kier alpha value is -2.89. The van der Waals surface area contributed by atoms with E-state index in [0.29, 0.717) is 19.2 Å². The minimum atomic E-state index is 0.0376. The fourth-order valence-electron chi connectivity index (χ4n) is 4.58. The Kier molecular flexibility index (Phi) is 6.81. The molecule has 35 heavy (non-hydrogen) atoms. The first-order chi connectivity index (χ1) is 16.9. The van der Waals surface area contributed by atoms with E-state index in [-0.39, 0.29) is 17.8 Å². The molecule has 2 fully saturated rings. The molecule has 2 aliphatic rings. The minimum absolute atomic E-state index is 0.0376. The van der Waals surface area contributed by atoms with Crippen molar-refractivity contribution in [3.63, 3.8) is 0 Å². The summed E-state index contributed by atoms with van der Waals surface area (Å²) in [5, 5.41) is 0. The third-order valence-corrected chi connectivity index (χ3v) is 7.76. The van der Waals surface area contributed by atoms with Crippen molar-refractivity contribution in [1.29, 1.82) is 0 Å². The fraction of sp³-hybridized carbons (Fsp3) is 0.542.